The van der Waals surface area contributed by atoms with Crippen LogP contribution in [-0.4, -0.2) is 25.4 Å². The zero-order chi connectivity index (χ0) is 23.2. The number of carbonyl (C=O) groups is 1. The second-order valence-corrected chi connectivity index (χ2v) is 8.04. The van der Waals surface area contributed by atoms with Crippen molar-refractivity contribution < 1.29 is 9.90 Å². The number of nitrogens with zero attached hydrogens (tertiary/aromatic N) is 3. The van der Waals surface area contributed by atoms with E-state index in [1.165, 1.54) is 5.56 Å². The van der Waals surface area contributed by atoms with Crippen molar-refractivity contribution in [2.24, 2.45) is 0 Å². The number of carboxylic acid groups (broad SMARTS) is 1. The molecule has 4 aromatic rings. The van der Waals surface area contributed by atoms with E-state index in [0.717, 1.165) is 36.2 Å². The first-order chi connectivity index (χ1) is 16.1. The van der Waals surface area contributed by atoms with Gasteiger partial charge in [0.2, 0.25) is 0 Å². The van der Waals surface area contributed by atoms with Gasteiger partial charge in [-0.15, -0.1) is 0 Å². The molecule has 4 rings (SSSR count). The number of rotatable bonds is 9. The summed E-state index contributed by atoms with van der Waals surface area (Å²) in [6.45, 7) is 3.05. The highest BCUT2D eigenvalue weighted by Crippen LogP contribution is 2.24. The highest BCUT2D eigenvalue weighted by atomic mass is 16.4. The Morgan fingerprint density at radius 2 is 1.58 bits per heavy atom. The largest absolute Gasteiger partial charge is 0.478 e. The molecule has 1 aromatic heterocycles. The molecular formula is C27H27N3O3. The average Bonchev–Trinajstić information content (AvgIpc) is 3.13. The average molecular weight is 442 g/mol. The van der Waals surface area contributed by atoms with Crippen molar-refractivity contribution in [2.45, 2.75) is 39.3 Å². The van der Waals surface area contributed by atoms with Crippen LogP contribution >= 0.6 is 0 Å². The molecule has 33 heavy (non-hydrogen) atoms. The molecule has 0 aliphatic rings. The summed E-state index contributed by atoms with van der Waals surface area (Å²) >= 11 is 0. The molecule has 0 spiro atoms. The van der Waals surface area contributed by atoms with Crippen molar-refractivity contribution in [3.05, 3.63) is 112 Å². The maximum absolute atomic E-state index is 13.1. The first-order valence-corrected chi connectivity index (χ1v) is 11.2. The van der Waals surface area contributed by atoms with Crippen LogP contribution in [0, 0.1) is 0 Å². The normalized spacial score (nSPS) is 10.9. The predicted octanol–water partition coefficient (Wildman–Crippen LogP) is 4.65. The number of aromatic nitrogens is 3. The van der Waals surface area contributed by atoms with Crippen molar-refractivity contribution in [3.8, 4) is 11.1 Å². The van der Waals surface area contributed by atoms with Crippen LogP contribution in [0.15, 0.2) is 83.7 Å². The molecule has 0 unspecified atom stereocenters. The van der Waals surface area contributed by atoms with E-state index in [0.29, 0.717) is 18.7 Å². The number of hydrogen-bond donors (Lipinski definition) is 1. The van der Waals surface area contributed by atoms with E-state index in [1.807, 2.05) is 48.5 Å². The van der Waals surface area contributed by atoms with Gasteiger partial charge in [0.15, 0.2) is 0 Å². The first-order valence-electron chi connectivity index (χ1n) is 11.2. The maximum atomic E-state index is 13.1. The third-order valence-electron chi connectivity index (χ3n) is 5.69. The van der Waals surface area contributed by atoms with Crippen molar-refractivity contribution in [1.29, 1.82) is 0 Å². The van der Waals surface area contributed by atoms with E-state index in [2.05, 4.69) is 24.2 Å². The van der Waals surface area contributed by atoms with E-state index in [-0.39, 0.29) is 11.3 Å². The van der Waals surface area contributed by atoms with Gasteiger partial charge in [-0.25, -0.2) is 14.3 Å². The fourth-order valence-electron chi connectivity index (χ4n) is 3.97. The fraction of sp³-hybridized carbons (Fsp3) is 0.222. The minimum atomic E-state index is -0.951. The Labute approximate surface area is 192 Å². The van der Waals surface area contributed by atoms with Crippen LogP contribution in [0.3, 0.4) is 0 Å². The number of hydrogen-bond acceptors (Lipinski definition) is 3. The Morgan fingerprint density at radius 1 is 0.879 bits per heavy atom. The molecule has 0 saturated carbocycles. The van der Waals surface area contributed by atoms with Crippen molar-refractivity contribution in [2.75, 3.05) is 0 Å². The Balaban J connectivity index is 1.56. The molecule has 0 saturated heterocycles. The molecule has 0 aliphatic carbocycles. The summed E-state index contributed by atoms with van der Waals surface area (Å²) in [6, 6.07) is 24.7. The monoisotopic (exact) mass is 441 g/mol. The summed E-state index contributed by atoms with van der Waals surface area (Å²) in [4.78, 5) is 24.6. The van der Waals surface area contributed by atoms with Crippen LogP contribution in [0.1, 0.15) is 40.7 Å². The van der Waals surface area contributed by atoms with Gasteiger partial charge in [0, 0.05) is 6.42 Å². The summed E-state index contributed by atoms with van der Waals surface area (Å²) in [5.41, 5.74) is 3.81. The van der Waals surface area contributed by atoms with Crippen LogP contribution in [0.5, 0.6) is 0 Å². The van der Waals surface area contributed by atoms with Crippen molar-refractivity contribution >= 4 is 5.97 Å². The van der Waals surface area contributed by atoms with E-state index < -0.39 is 5.97 Å². The molecule has 0 bridgehead atoms. The topological polar surface area (TPSA) is 77.1 Å². The SMILES string of the molecule is CCCc1nn(CCc2ccccc2)c(=O)n1Cc1ccc(-c2ccccc2C(=O)O)cc1. The summed E-state index contributed by atoms with van der Waals surface area (Å²) in [5, 5.41) is 14.1. The van der Waals surface area contributed by atoms with Crippen LogP contribution < -0.4 is 5.69 Å². The third kappa shape index (κ3) is 5.12. The molecule has 0 aliphatic heterocycles. The molecule has 6 nitrogen and oxygen atoms in total. The highest BCUT2D eigenvalue weighted by molar-refractivity contribution is 5.95. The first kappa shape index (κ1) is 22.3. The molecule has 3 aromatic carbocycles. The maximum Gasteiger partial charge on any atom is 0.346 e. The molecule has 0 radical (unpaired) electrons. The van der Waals surface area contributed by atoms with Crippen LogP contribution in [0.25, 0.3) is 11.1 Å². The van der Waals surface area contributed by atoms with Gasteiger partial charge >= 0.3 is 11.7 Å². The smallest absolute Gasteiger partial charge is 0.346 e. The molecular weight excluding hydrogens is 414 g/mol. The summed E-state index contributed by atoms with van der Waals surface area (Å²) in [6.07, 6.45) is 2.39. The quantitative estimate of drug-likeness (QED) is 0.410. The lowest BCUT2D eigenvalue weighted by atomic mass is 9.99. The molecule has 168 valence electrons. The van der Waals surface area contributed by atoms with Gasteiger partial charge in [-0.3, -0.25) is 4.57 Å². The van der Waals surface area contributed by atoms with Gasteiger partial charge in [0.05, 0.1) is 18.7 Å². The Hall–Kier alpha value is -3.93. The van der Waals surface area contributed by atoms with Gasteiger partial charge in [-0.2, -0.15) is 5.10 Å². The second-order valence-electron chi connectivity index (χ2n) is 8.04. The molecule has 6 heteroatoms. The molecule has 1 N–H and O–H groups in total. The van der Waals surface area contributed by atoms with Crippen LogP contribution in [0.2, 0.25) is 0 Å². The van der Waals surface area contributed by atoms with E-state index in [9.17, 15) is 14.7 Å². The fourth-order valence-corrected chi connectivity index (χ4v) is 3.97. The second kappa shape index (κ2) is 10.1. The Kier molecular flexibility index (Phi) is 6.83. The minimum absolute atomic E-state index is 0.102. The third-order valence-corrected chi connectivity index (χ3v) is 5.69. The van der Waals surface area contributed by atoms with E-state index >= 15 is 0 Å². The Bertz CT molecular complexity index is 1290. The summed E-state index contributed by atoms with van der Waals surface area (Å²) in [7, 11) is 0. The van der Waals surface area contributed by atoms with Gasteiger partial charge in [0.25, 0.3) is 0 Å². The highest BCUT2D eigenvalue weighted by Gasteiger charge is 2.14. The number of aromatic carboxylic acids is 1. The van der Waals surface area contributed by atoms with Crippen molar-refractivity contribution in [1.82, 2.24) is 14.3 Å². The van der Waals surface area contributed by atoms with Gasteiger partial charge in [0.1, 0.15) is 5.82 Å². The number of benzene rings is 3. The van der Waals surface area contributed by atoms with Gasteiger partial charge in [-0.05, 0) is 41.2 Å². The zero-order valence-corrected chi connectivity index (χ0v) is 18.6. The lowest BCUT2D eigenvalue weighted by Gasteiger charge is -2.09. The summed E-state index contributed by atoms with van der Waals surface area (Å²) in [5.74, 6) is -0.163. The lowest BCUT2D eigenvalue weighted by molar-refractivity contribution is 0.0697. The van der Waals surface area contributed by atoms with Gasteiger partial charge < -0.3 is 5.11 Å². The summed E-state index contributed by atoms with van der Waals surface area (Å²) < 4.78 is 3.31. The molecule has 0 atom stereocenters. The zero-order valence-electron chi connectivity index (χ0n) is 18.6. The van der Waals surface area contributed by atoms with E-state index in [1.54, 1.807) is 27.4 Å². The Morgan fingerprint density at radius 3 is 2.27 bits per heavy atom. The van der Waals surface area contributed by atoms with Crippen LogP contribution in [0.4, 0.5) is 0 Å². The minimum Gasteiger partial charge on any atom is -0.478 e. The van der Waals surface area contributed by atoms with Crippen molar-refractivity contribution in [3.63, 3.8) is 0 Å². The van der Waals surface area contributed by atoms with Gasteiger partial charge in [-0.1, -0.05) is 79.7 Å². The number of carboxylic acids is 1. The number of aryl methyl sites for hydroxylation is 3. The molecule has 0 amide bonds. The predicted molar refractivity (Wildman–Crippen MR) is 129 cm³/mol. The molecule has 0 fully saturated rings. The molecule has 1 heterocycles. The van der Waals surface area contributed by atoms with Crippen LogP contribution in [-0.2, 0) is 25.9 Å². The standard InChI is InChI=1S/C27H27N3O3/c1-2-8-25-28-30(18-17-20-9-4-3-5-10-20)27(33)29(25)19-21-13-15-22(16-14-21)23-11-6-7-12-24(23)26(31)32/h3-7,9-16H,2,8,17-19H2,1H3,(H,31,32). The lowest BCUT2D eigenvalue weighted by Crippen LogP contribution is -2.26. The van der Waals surface area contributed by atoms with E-state index in [4.69, 9.17) is 0 Å².